The molecule has 0 amide bonds. The van der Waals surface area contributed by atoms with E-state index in [0.29, 0.717) is 5.92 Å². The maximum atomic E-state index is 3.26. The predicted octanol–water partition coefficient (Wildman–Crippen LogP) is 3.91. The Morgan fingerprint density at radius 1 is 1.09 bits per heavy atom. The third-order valence-corrected chi connectivity index (χ3v) is 3.80. The summed E-state index contributed by atoms with van der Waals surface area (Å²) < 4.78 is 0. The summed E-state index contributed by atoms with van der Waals surface area (Å²) in [6, 6.07) is 10.8. The molecule has 0 bridgehead atoms. The van der Waals surface area contributed by atoms with Gasteiger partial charge < -0.3 is 10.2 Å². The lowest BCUT2D eigenvalue weighted by Gasteiger charge is -2.26. The van der Waals surface area contributed by atoms with Crippen LogP contribution in [-0.2, 0) is 6.42 Å². The molecule has 1 atom stereocenters. The number of nitrogens with zero attached hydrogens (tertiary/aromatic N) is 1. The molecule has 0 aromatic heterocycles. The van der Waals surface area contributed by atoms with E-state index in [9.17, 15) is 0 Å². The van der Waals surface area contributed by atoms with Gasteiger partial charge >= 0.3 is 0 Å². The van der Waals surface area contributed by atoms with Crippen LogP contribution >= 0.6 is 0 Å². The first-order chi connectivity index (χ1) is 10.9. The molecule has 0 aliphatic heterocycles. The van der Waals surface area contributed by atoms with Gasteiger partial charge in [0.25, 0.3) is 0 Å². The van der Waals surface area contributed by atoms with E-state index in [1.807, 2.05) is 20.9 Å². The van der Waals surface area contributed by atoms with Crippen molar-refractivity contribution in [3.8, 4) is 0 Å². The number of nitrogens with one attached hydrogen (secondary N) is 1. The van der Waals surface area contributed by atoms with E-state index in [1.54, 1.807) is 0 Å². The average molecular weight is 300 g/mol. The molecule has 22 heavy (non-hydrogen) atoms. The monoisotopic (exact) mass is 300 g/mol. The van der Waals surface area contributed by atoms with Gasteiger partial charge in [0.05, 0.1) is 0 Å². The summed E-state index contributed by atoms with van der Waals surface area (Å²) in [5.41, 5.74) is 1.43. The van der Waals surface area contributed by atoms with Gasteiger partial charge in [-0.1, -0.05) is 68.5 Å². The number of hydrogen-bond acceptors (Lipinski definition) is 2. The first-order valence-corrected chi connectivity index (χ1v) is 8.62. The van der Waals surface area contributed by atoms with Crippen LogP contribution in [0.2, 0.25) is 0 Å². The van der Waals surface area contributed by atoms with Crippen molar-refractivity contribution in [1.82, 2.24) is 10.2 Å². The summed E-state index contributed by atoms with van der Waals surface area (Å²) in [6.07, 6.45) is 11.3. The minimum absolute atomic E-state index is 0.674. The number of rotatable bonds is 8. The van der Waals surface area contributed by atoms with Gasteiger partial charge in [-0.15, -0.1) is 0 Å². The van der Waals surface area contributed by atoms with Crippen LogP contribution < -0.4 is 5.32 Å². The molecular formula is C20H32N2. The van der Waals surface area contributed by atoms with E-state index in [4.69, 9.17) is 0 Å². The molecule has 1 N–H and O–H groups in total. The Kier molecular flexibility index (Phi) is 10.3. The van der Waals surface area contributed by atoms with Crippen LogP contribution in [-0.4, -0.2) is 38.1 Å². The Labute approximate surface area is 136 Å². The molecule has 1 aromatic rings. The minimum atomic E-state index is 0.674. The Balaban J connectivity index is 0.00000116. The maximum Gasteiger partial charge on any atom is 0.0107 e. The molecular weight excluding hydrogens is 268 g/mol. The second-order valence-corrected chi connectivity index (χ2v) is 5.45. The molecule has 0 radical (unpaired) electrons. The quantitative estimate of drug-likeness (QED) is 0.783. The zero-order chi connectivity index (χ0) is 16.0. The summed E-state index contributed by atoms with van der Waals surface area (Å²) in [7, 11) is 2.03. The van der Waals surface area contributed by atoms with Crippen molar-refractivity contribution in [2.24, 2.45) is 5.92 Å². The summed E-state index contributed by atoms with van der Waals surface area (Å²) in [5.74, 6) is 0.674. The lowest BCUT2D eigenvalue weighted by molar-refractivity contribution is 0.252. The van der Waals surface area contributed by atoms with Crippen molar-refractivity contribution in [3.63, 3.8) is 0 Å². The van der Waals surface area contributed by atoms with Crippen LogP contribution in [0.5, 0.6) is 0 Å². The summed E-state index contributed by atoms with van der Waals surface area (Å²) in [6.45, 7) is 8.48. The van der Waals surface area contributed by atoms with Gasteiger partial charge in [0, 0.05) is 26.2 Å². The Hall–Kier alpha value is -1.38. The zero-order valence-corrected chi connectivity index (χ0v) is 14.5. The molecule has 2 nitrogen and oxygen atoms in total. The summed E-state index contributed by atoms with van der Waals surface area (Å²) in [5, 5.41) is 3.26. The Morgan fingerprint density at radius 3 is 2.50 bits per heavy atom. The number of benzene rings is 1. The SMILES string of the molecule is CC.CNCCN(CCc1ccccc1)CC1C=CC=CC1. The number of hydrogen-bond donors (Lipinski definition) is 1. The highest BCUT2D eigenvalue weighted by molar-refractivity contribution is 5.15. The zero-order valence-electron chi connectivity index (χ0n) is 14.5. The molecule has 0 saturated carbocycles. The molecule has 0 heterocycles. The van der Waals surface area contributed by atoms with Crippen LogP contribution in [0.4, 0.5) is 0 Å². The summed E-state index contributed by atoms with van der Waals surface area (Å²) in [4.78, 5) is 2.58. The van der Waals surface area contributed by atoms with Gasteiger partial charge in [0.2, 0.25) is 0 Å². The van der Waals surface area contributed by atoms with E-state index >= 15 is 0 Å². The highest BCUT2D eigenvalue weighted by atomic mass is 15.1. The molecule has 2 rings (SSSR count). The standard InChI is InChI=1S/C18H26N2.C2H6/c1-19-13-15-20(16-18-10-6-3-7-11-18)14-12-17-8-4-2-5-9-17;1-2/h2-10,18-19H,11-16H2,1H3;1-2H3. The van der Waals surface area contributed by atoms with Crippen molar-refractivity contribution in [2.75, 3.05) is 33.2 Å². The van der Waals surface area contributed by atoms with Crippen molar-refractivity contribution in [1.29, 1.82) is 0 Å². The van der Waals surface area contributed by atoms with E-state index in [1.165, 1.54) is 12.0 Å². The molecule has 0 fully saturated rings. The van der Waals surface area contributed by atoms with Gasteiger partial charge in [0.15, 0.2) is 0 Å². The van der Waals surface area contributed by atoms with Crippen LogP contribution in [0.15, 0.2) is 54.6 Å². The maximum absolute atomic E-state index is 3.26. The third kappa shape index (κ3) is 7.58. The molecule has 1 aliphatic rings. The molecule has 1 aromatic carbocycles. The first kappa shape index (κ1) is 18.7. The van der Waals surface area contributed by atoms with E-state index in [-0.39, 0.29) is 0 Å². The molecule has 2 heteroatoms. The number of allylic oxidation sites excluding steroid dienone is 3. The largest absolute Gasteiger partial charge is 0.318 e. The fourth-order valence-corrected chi connectivity index (χ4v) is 2.60. The molecule has 122 valence electrons. The summed E-state index contributed by atoms with van der Waals surface area (Å²) >= 11 is 0. The lowest BCUT2D eigenvalue weighted by atomic mass is 10.00. The second-order valence-electron chi connectivity index (χ2n) is 5.45. The van der Waals surface area contributed by atoms with Gasteiger partial charge in [-0.25, -0.2) is 0 Å². The average Bonchev–Trinajstić information content (AvgIpc) is 2.61. The van der Waals surface area contributed by atoms with Crippen molar-refractivity contribution in [2.45, 2.75) is 26.7 Å². The minimum Gasteiger partial charge on any atom is -0.318 e. The Bertz CT molecular complexity index is 423. The highest BCUT2D eigenvalue weighted by Gasteiger charge is 2.12. The van der Waals surface area contributed by atoms with E-state index in [2.05, 4.69) is 64.9 Å². The molecule has 0 saturated heterocycles. The van der Waals surface area contributed by atoms with Crippen LogP contribution in [0.1, 0.15) is 25.8 Å². The van der Waals surface area contributed by atoms with Crippen LogP contribution in [0, 0.1) is 5.92 Å². The van der Waals surface area contributed by atoms with Gasteiger partial charge in [-0.2, -0.15) is 0 Å². The van der Waals surface area contributed by atoms with Crippen molar-refractivity contribution in [3.05, 3.63) is 60.2 Å². The fourth-order valence-electron chi connectivity index (χ4n) is 2.60. The highest BCUT2D eigenvalue weighted by Crippen LogP contribution is 2.13. The van der Waals surface area contributed by atoms with E-state index in [0.717, 1.165) is 32.6 Å². The van der Waals surface area contributed by atoms with Gasteiger partial charge in [0.1, 0.15) is 0 Å². The van der Waals surface area contributed by atoms with Crippen LogP contribution in [0.25, 0.3) is 0 Å². The topological polar surface area (TPSA) is 15.3 Å². The normalized spacial score (nSPS) is 16.5. The van der Waals surface area contributed by atoms with Crippen molar-refractivity contribution >= 4 is 0 Å². The van der Waals surface area contributed by atoms with Crippen LogP contribution in [0.3, 0.4) is 0 Å². The van der Waals surface area contributed by atoms with Gasteiger partial charge in [-0.3, -0.25) is 0 Å². The molecule has 1 aliphatic carbocycles. The molecule has 0 spiro atoms. The van der Waals surface area contributed by atoms with Crippen molar-refractivity contribution < 1.29 is 0 Å². The fraction of sp³-hybridized carbons (Fsp3) is 0.500. The Morgan fingerprint density at radius 2 is 1.86 bits per heavy atom. The first-order valence-electron chi connectivity index (χ1n) is 8.62. The number of likely N-dealkylation sites (N-methyl/N-ethyl adjacent to an activating group) is 1. The molecule has 1 unspecified atom stereocenters. The predicted molar refractivity (Wildman–Crippen MR) is 98.2 cm³/mol. The second kappa shape index (κ2) is 12.2. The lowest BCUT2D eigenvalue weighted by Crippen LogP contribution is -2.36. The third-order valence-electron chi connectivity index (χ3n) is 3.80. The van der Waals surface area contributed by atoms with E-state index < -0.39 is 0 Å². The smallest absolute Gasteiger partial charge is 0.0107 e. The van der Waals surface area contributed by atoms with Gasteiger partial charge in [-0.05, 0) is 31.4 Å².